The van der Waals surface area contributed by atoms with E-state index in [0.29, 0.717) is 35.2 Å². The lowest BCUT2D eigenvalue weighted by Crippen LogP contribution is -2.27. The Kier molecular flexibility index (Phi) is 31.1. The minimum absolute atomic E-state index is 0.00759. The van der Waals surface area contributed by atoms with Gasteiger partial charge < -0.3 is 19.5 Å². The monoisotopic (exact) mass is 1210 g/mol. The molecule has 0 amide bonds. The topological polar surface area (TPSA) is 76.1 Å². The Labute approximate surface area is 521 Å². The molecule has 470 valence electrons. The minimum atomic E-state index is 0.00759. The summed E-state index contributed by atoms with van der Waals surface area (Å²) in [6.07, 6.45) is 49.8. The molecule has 0 heterocycles. The molecule has 8 saturated carbocycles. The predicted molar refractivity (Wildman–Crippen MR) is 357 cm³/mol. The van der Waals surface area contributed by atoms with Gasteiger partial charge in [0.25, 0.3) is 0 Å². The first-order valence-electron chi connectivity index (χ1n) is 35.6. The molecule has 8 rings (SSSR count). The third kappa shape index (κ3) is 26.8. The van der Waals surface area contributed by atoms with E-state index in [1.807, 2.05) is 0 Å². The summed E-state index contributed by atoms with van der Waals surface area (Å²) in [4.78, 5) is 28.7. The van der Waals surface area contributed by atoms with Crippen LogP contribution in [-0.2, 0) is 19.1 Å². The molecule has 8 aliphatic carbocycles. The molecule has 0 aromatic heterocycles. The van der Waals surface area contributed by atoms with Crippen LogP contribution in [0.2, 0.25) is 0 Å². The second kappa shape index (κ2) is 37.7. The van der Waals surface area contributed by atoms with Crippen molar-refractivity contribution in [3.8, 4) is 0 Å². The molecule has 0 aromatic rings. The van der Waals surface area contributed by atoms with Crippen LogP contribution in [0, 0.1) is 82.9 Å². The number of hydrogen-bond donors (Lipinski definition) is 1. The van der Waals surface area contributed by atoms with Crippen molar-refractivity contribution in [1.29, 1.82) is 0 Å². The molecule has 8 fully saturated rings. The Hall–Kier alpha value is -0.260. The first-order valence-corrected chi connectivity index (χ1v) is 39.8. The molecule has 1 N–H and O–H groups in total. The van der Waals surface area contributed by atoms with E-state index in [2.05, 4.69) is 91.8 Å². The van der Waals surface area contributed by atoms with Gasteiger partial charge in [0.1, 0.15) is 0 Å². The van der Waals surface area contributed by atoms with Crippen LogP contribution in [0.3, 0.4) is 0 Å². The van der Waals surface area contributed by atoms with Gasteiger partial charge >= 0.3 is 11.9 Å². The zero-order valence-electron chi connectivity index (χ0n) is 53.1. The van der Waals surface area contributed by atoms with E-state index in [9.17, 15) is 14.7 Å². The van der Waals surface area contributed by atoms with Gasteiger partial charge in [-0.05, 0) is 306 Å². The summed E-state index contributed by atoms with van der Waals surface area (Å²) < 4.78 is 12.7. The molecule has 10 heteroatoms. The maximum absolute atomic E-state index is 13.0. The van der Waals surface area contributed by atoms with Crippen LogP contribution in [0.1, 0.15) is 259 Å². The number of carbonyl (C=O) groups is 2. The number of aliphatic hydroxyl groups is 1. The molecule has 0 bridgehead atoms. The molecule has 15 unspecified atom stereocenters. The van der Waals surface area contributed by atoms with Gasteiger partial charge in [-0.1, -0.05) is 88.5 Å². The van der Waals surface area contributed by atoms with Crippen molar-refractivity contribution in [3.63, 3.8) is 0 Å². The fourth-order valence-electron chi connectivity index (χ4n) is 15.2. The van der Waals surface area contributed by atoms with E-state index in [1.54, 1.807) is 11.1 Å². The lowest BCUT2D eigenvalue weighted by Gasteiger charge is -2.29. The van der Waals surface area contributed by atoms with Crippen molar-refractivity contribution in [1.82, 2.24) is 4.90 Å². The highest BCUT2D eigenvalue weighted by molar-refractivity contribution is 8.17. The quantitative estimate of drug-likeness (QED) is 0.0275. The van der Waals surface area contributed by atoms with Gasteiger partial charge in [0.2, 0.25) is 0 Å². The summed E-state index contributed by atoms with van der Waals surface area (Å²) in [5.74, 6) is 18.9. The third-order valence-corrected chi connectivity index (χ3v) is 27.8. The second-order valence-electron chi connectivity index (χ2n) is 28.5. The number of rotatable bonds is 53. The highest BCUT2D eigenvalue weighted by Gasteiger charge is 2.46. The molecule has 0 radical (unpaired) electrons. The number of aliphatic hydroxyl groups excluding tert-OH is 1. The summed E-state index contributed by atoms with van der Waals surface area (Å²) in [6.45, 7) is 13.7. The first kappa shape index (κ1) is 67.7. The van der Waals surface area contributed by atoms with E-state index >= 15 is 0 Å². The lowest BCUT2D eigenvalue weighted by atomic mass is 9.77. The van der Waals surface area contributed by atoms with Gasteiger partial charge in [-0.3, -0.25) is 9.59 Å². The Morgan fingerprint density at radius 3 is 1.41 bits per heavy atom. The van der Waals surface area contributed by atoms with Crippen LogP contribution in [0.15, 0.2) is 23.3 Å². The number of nitrogens with zero attached hydrogens (tertiary/aromatic N) is 1. The molecular formula is C72H123NO5S4. The van der Waals surface area contributed by atoms with Crippen molar-refractivity contribution in [2.24, 2.45) is 82.9 Å². The Balaban J connectivity index is 0.628. The molecule has 0 aromatic carbocycles. The van der Waals surface area contributed by atoms with Gasteiger partial charge in [-0.25, -0.2) is 0 Å². The Bertz CT molecular complexity index is 1870. The van der Waals surface area contributed by atoms with Gasteiger partial charge in [-0.2, -0.15) is 0 Å². The summed E-state index contributed by atoms with van der Waals surface area (Å²) >= 11 is 8.62. The second-order valence-corrected chi connectivity index (χ2v) is 34.3. The summed E-state index contributed by atoms with van der Waals surface area (Å²) in [5.41, 5.74) is 3.38. The number of hydrogen-bond acceptors (Lipinski definition) is 10. The average Bonchev–Trinajstić information content (AvgIpc) is 4.37. The van der Waals surface area contributed by atoms with Crippen molar-refractivity contribution in [2.45, 2.75) is 268 Å². The van der Waals surface area contributed by atoms with E-state index in [4.69, 9.17) is 9.47 Å². The SMILES string of the molecule is CC=C1CC(CC2CC2CCSC(CCC(=O)OCCCCCCN(CCCCO)CCCCCCOC(=O)CCC(SCCC2CC2CCC2CC2CCCC)SCCC2CC2CC2C/C2=C\C)SCCC2CC2CC2CC2CC)C1. The maximum atomic E-state index is 13.0. The van der Waals surface area contributed by atoms with Crippen molar-refractivity contribution >= 4 is 59.0 Å². The normalized spacial score (nSPS) is 31.2. The number of allylic oxidation sites excluding steroid dienone is 4. The smallest absolute Gasteiger partial charge is 0.305 e. The summed E-state index contributed by atoms with van der Waals surface area (Å²) in [5, 5.41) is 9.49. The first-order chi connectivity index (χ1) is 40.2. The van der Waals surface area contributed by atoms with Crippen LogP contribution < -0.4 is 0 Å². The molecular weight excluding hydrogens is 1090 g/mol. The van der Waals surface area contributed by atoms with Crippen LogP contribution in [-0.4, -0.2) is 93.6 Å². The molecule has 0 spiro atoms. The van der Waals surface area contributed by atoms with Crippen LogP contribution in [0.5, 0.6) is 0 Å². The zero-order chi connectivity index (χ0) is 57.3. The Morgan fingerprint density at radius 1 is 0.500 bits per heavy atom. The standard InChI is InChI=1S/C72H123NO5S4/c1-5-9-20-57-46-58(57)21-22-59-47-60(59)27-37-79-71(81-39-29-62-49-67(62)51-65-44-55(65)7-3)25-23-69(75)77-35-18-12-10-14-31-73(33-16-17-34-74)32-15-11-13-19-36-78-70(76)24-26-72(82-40-30-63-50-68(63)52-66-45-56(66)8-4)80-38-28-61-48-64(61)43-54-41-53(6-2)42-54/h6-7,54,56-68,71-72,74H,5,8-52H2,1-4H3/b53-6?,55-7+. The maximum Gasteiger partial charge on any atom is 0.305 e. The number of ether oxygens (including phenoxy) is 2. The van der Waals surface area contributed by atoms with E-state index in [-0.39, 0.29) is 18.5 Å². The number of esters is 2. The van der Waals surface area contributed by atoms with Gasteiger partial charge in [0.05, 0.1) is 22.4 Å². The fourth-order valence-corrected chi connectivity index (χ4v) is 21.0. The number of carbonyl (C=O) groups excluding carboxylic acids is 2. The minimum Gasteiger partial charge on any atom is -0.466 e. The van der Waals surface area contributed by atoms with Crippen LogP contribution >= 0.6 is 47.0 Å². The summed E-state index contributed by atoms with van der Waals surface area (Å²) in [6, 6.07) is 0. The third-order valence-electron chi connectivity index (χ3n) is 21.8. The lowest BCUT2D eigenvalue weighted by molar-refractivity contribution is -0.144. The Morgan fingerprint density at radius 2 is 0.939 bits per heavy atom. The molecule has 82 heavy (non-hydrogen) atoms. The summed E-state index contributed by atoms with van der Waals surface area (Å²) in [7, 11) is 0. The zero-order valence-corrected chi connectivity index (χ0v) is 56.3. The predicted octanol–water partition coefficient (Wildman–Crippen LogP) is 19.7. The largest absolute Gasteiger partial charge is 0.466 e. The number of unbranched alkanes of at least 4 members (excludes halogenated alkanes) is 8. The van der Waals surface area contributed by atoms with Crippen molar-refractivity contribution in [2.75, 3.05) is 62.5 Å². The van der Waals surface area contributed by atoms with Gasteiger partial charge in [0.15, 0.2) is 0 Å². The van der Waals surface area contributed by atoms with Gasteiger partial charge in [0, 0.05) is 19.4 Å². The van der Waals surface area contributed by atoms with Crippen LogP contribution in [0.25, 0.3) is 0 Å². The highest BCUT2D eigenvalue weighted by atomic mass is 32.2. The molecule has 6 nitrogen and oxygen atoms in total. The van der Waals surface area contributed by atoms with Crippen molar-refractivity contribution in [3.05, 3.63) is 23.3 Å². The molecule has 0 saturated heterocycles. The van der Waals surface area contributed by atoms with E-state index in [0.717, 1.165) is 180 Å². The average molecular weight is 1210 g/mol. The van der Waals surface area contributed by atoms with E-state index in [1.165, 1.54) is 164 Å². The van der Waals surface area contributed by atoms with Crippen molar-refractivity contribution < 1.29 is 24.2 Å². The van der Waals surface area contributed by atoms with Crippen LogP contribution in [0.4, 0.5) is 0 Å². The highest BCUT2D eigenvalue weighted by Crippen LogP contribution is 2.56. The van der Waals surface area contributed by atoms with Gasteiger partial charge in [-0.15, -0.1) is 47.0 Å². The molecule has 0 aliphatic heterocycles. The molecule has 8 aliphatic rings. The van der Waals surface area contributed by atoms with E-state index < -0.39 is 0 Å². The number of thioether (sulfide) groups is 4. The molecule has 15 atom stereocenters. The fraction of sp³-hybridized carbons (Fsp3) is 0.917.